The van der Waals surface area contributed by atoms with E-state index in [4.69, 9.17) is 0 Å². The van der Waals surface area contributed by atoms with Gasteiger partial charge in [0.25, 0.3) is 0 Å². The van der Waals surface area contributed by atoms with Crippen LogP contribution in [0.1, 0.15) is 35.2 Å². The van der Waals surface area contributed by atoms with E-state index in [1.54, 1.807) is 28.2 Å². The van der Waals surface area contributed by atoms with Crippen LogP contribution in [-0.4, -0.2) is 25.7 Å². The van der Waals surface area contributed by atoms with Gasteiger partial charge in [0.15, 0.2) is 5.78 Å². The lowest BCUT2D eigenvalue weighted by Gasteiger charge is -2.34. The molecule has 26 heavy (non-hydrogen) atoms. The number of allylic oxidation sites excluding steroid dienone is 2. The van der Waals surface area contributed by atoms with Crippen LogP contribution in [0.2, 0.25) is 0 Å². The summed E-state index contributed by atoms with van der Waals surface area (Å²) >= 11 is 1.69. The van der Waals surface area contributed by atoms with Crippen molar-refractivity contribution in [1.29, 1.82) is 0 Å². The Hall–Kier alpha value is -2.93. The molecule has 3 heterocycles. The second-order valence-corrected chi connectivity index (χ2v) is 7.56. The molecule has 0 saturated heterocycles. The predicted octanol–water partition coefficient (Wildman–Crippen LogP) is 3.46. The van der Waals surface area contributed by atoms with Gasteiger partial charge in [-0.3, -0.25) is 4.79 Å². The molecule has 6 nitrogen and oxygen atoms in total. The summed E-state index contributed by atoms with van der Waals surface area (Å²) < 4.78 is 1.74. The van der Waals surface area contributed by atoms with Crippen molar-refractivity contribution in [3.8, 4) is 5.75 Å². The largest absolute Gasteiger partial charge is 0.508 e. The molecule has 3 aromatic rings. The van der Waals surface area contributed by atoms with Gasteiger partial charge in [-0.25, -0.2) is 4.68 Å². The summed E-state index contributed by atoms with van der Waals surface area (Å²) in [6, 6.07) is 10.7. The molecule has 2 atom stereocenters. The maximum Gasteiger partial charge on any atom is 0.226 e. The molecule has 0 amide bonds. The van der Waals surface area contributed by atoms with Crippen LogP contribution in [0.5, 0.6) is 5.75 Å². The summed E-state index contributed by atoms with van der Waals surface area (Å²) in [6.07, 6.45) is 2.78. The van der Waals surface area contributed by atoms with Crippen molar-refractivity contribution in [3.05, 3.63) is 69.8 Å². The van der Waals surface area contributed by atoms with Crippen LogP contribution in [0.3, 0.4) is 0 Å². The van der Waals surface area contributed by atoms with Gasteiger partial charge < -0.3 is 10.4 Å². The maximum absolute atomic E-state index is 13.1. The fourth-order valence-corrected chi connectivity index (χ4v) is 4.67. The van der Waals surface area contributed by atoms with Crippen molar-refractivity contribution in [2.24, 2.45) is 0 Å². The normalized spacial score (nSPS) is 21.9. The fourth-order valence-electron chi connectivity index (χ4n) is 3.84. The van der Waals surface area contributed by atoms with E-state index in [2.05, 4.69) is 21.5 Å². The van der Waals surface area contributed by atoms with E-state index in [1.807, 2.05) is 23.6 Å². The van der Waals surface area contributed by atoms with Crippen LogP contribution < -0.4 is 5.32 Å². The minimum Gasteiger partial charge on any atom is -0.508 e. The molecule has 0 saturated carbocycles. The Balaban J connectivity index is 1.62. The molecule has 0 spiro atoms. The molecule has 2 aromatic heterocycles. The minimum atomic E-state index is -0.318. The zero-order valence-electron chi connectivity index (χ0n) is 13.8. The highest BCUT2D eigenvalue weighted by molar-refractivity contribution is 7.10. The Labute approximate surface area is 153 Å². The summed E-state index contributed by atoms with van der Waals surface area (Å²) in [5, 5.41) is 19.3. The Morgan fingerprint density at radius 1 is 1.19 bits per heavy atom. The lowest BCUT2D eigenvalue weighted by atomic mass is 9.80. The highest BCUT2D eigenvalue weighted by Crippen LogP contribution is 2.44. The van der Waals surface area contributed by atoms with Crippen LogP contribution >= 0.6 is 11.3 Å². The first kappa shape index (κ1) is 15.3. The van der Waals surface area contributed by atoms with Crippen LogP contribution in [0.25, 0.3) is 0 Å². The number of nitrogens with one attached hydrogen (secondary N) is 1. The molecule has 2 N–H and O–H groups in total. The molecule has 5 rings (SSSR count). The van der Waals surface area contributed by atoms with E-state index in [0.717, 1.165) is 23.3 Å². The molecule has 0 radical (unpaired) electrons. The van der Waals surface area contributed by atoms with Crippen molar-refractivity contribution in [2.45, 2.75) is 24.8 Å². The van der Waals surface area contributed by atoms with E-state index in [9.17, 15) is 9.90 Å². The average molecular weight is 364 g/mol. The van der Waals surface area contributed by atoms with Crippen molar-refractivity contribution in [2.75, 3.05) is 5.32 Å². The number of hydrogen-bond acceptors (Lipinski definition) is 6. The Bertz CT molecular complexity index is 1000. The molecule has 130 valence electrons. The van der Waals surface area contributed by atoms with Crippen LogP contribution in [0.15, 0.2) is 59.4 Å². The number of rotatable bonds is 2. The maximum atomic E-state index is 13.1. The summed E-state index contributed by atoms with van der Waals surface area (Å²) in [6.45, 7) is 0. The Morgan fingerprint density at radius 2 is 2.04 bits per heavy atom. The minimum absolute atomic E-state index is 0.136. The second kappa shape index (κ2) is 5.81. The lowest BCUT2D eigenvalue weighted by molar-refractivity contribution is -0.116. The molecule has 2 unspecified atom stereocenters. The molecular weight excluding hydrogens is 348 g/mol. The summed E-state index contributed by atoms with van der Waals surface area (Å²) in [5.74, 6) is 1.17. The standard InChI is InChI=1S/C19H16N4O2S/c24-13-5-3-11(4-6-13)18-17-14(22-19-20-10-21-23(18)19)8-12(9-15(17)25)16-2-1-7-26-16/h1-7,10,12,18,24H,8-9H2,(H,20,21,22). The van der Waals surface area contributed by atoms with Gasteiger partial charge in [-0.05, 0) is 35.6 Å². The zero-order chi connectivity index (χ0) is 17.7. The third kappa shape index (κ3) is 2.35. The summed E-state index contributed by atoms with van der Waals surface area (Å²) in [7, 11) is 0. The number of aromatic nitrogens is 3. The van der Waals surface area contributed by atoms with Gasteiger partial charge in [0.2, 0.25) is 5.95 Å². The van der Waals surface area contributed by atoms with Gasteiger partial charge in [-0.2, -0.15) is 10.1 Å². The van der Waals surface area contributed by atoms with Crippen molar-refractivity contribution in [3.63, 3.8) is 0 Å². The smallest absolute Gasteiger partial charge is 0.226 e. The SMILES string of the molecule is O=C1CC(c2cccs2)CC2=C1C(c1ccc(O)cc1)n1ncnc1N2. The average Bonchev–Trinajstić information content (AvgIpc) is 3.32. The Kier molecular flexibility index (Phi) is 3.43. The number of Topliss-reactive ketones (excluding diaryl/α,β-unsaturated/α-hetero) is 1. The predicted molar refractivity (Wildman–Crippen MR) is 98.2 cm³/mol. The van der Waals surface area contributed by atoms with Gasteiger partial charge in [0, 0.05) is 28.5 Å². The van der Waals surface area contributed by atoms with Crippen LogP contribution in [0, 0.1) is 0 Å². The number of fused-ring (bicyclic) bond motifs is 1. The number of thiophene rings is 1. The highest BCUT2D eigenvalue weighted by atomic mass is 32.1. The molecule has 0 fully saturated rings. The number of nitrogens with zero attached hydrogens (tertiary/aromatic N) is 3. The van der Waals surface area contributed by atoms with E-state index in [-0.39, 0.29) is 23.5 Å². The topological polar surface area (TPSA) is 80.0 Å². The first-order valence-corrected chi connectivity index (χ1v) is 9.34. The number of aromatic hydroxyl groups is 1. The molecule has 1 aromatic carbocycles. The van der Waals surface area contributed by atoms with Gasteiger partial charge in [-0.1, -0.05) is 18.2 Å². The molecule has 1 aliphatic heterocycles. The zero-order valence-corrected chi connectivity index (χ0v) is 14.6. The van der Waals surface area contributed by atoms with Gasteiger partial charge in [0.05, 0.1) is 0 Å². The molecule has 0 bridgehead atoms. The van der Waals surface area contributed by atoms with Gasteiger partial charge in [-0.15, -0.1) is 11.3 Å². The third-order valence-corrected chi connectivity index (χ3v) is 6.05. The van der Waals surface area contributed by atoms with Crippen molar-refractivity contribution < 1.29 is 9.90 Å². The highest BCUT2D eigenvalue weighted by Gasteiger charge is 2.39. The van der Waals surface area contributed by atoms with Crippen LogP contribution in [-0.2, 0) is 4.79 Å². The number of anilines is 1. The first-order valence-electron chi connectivity index (χ1n) is 8.46. The summed E-state index contributed by atoms with van der Waals surface area (Å²) in [5.41, 5.74) is 2.59. The first-order chi connectivity index (χ1) is 12.7. The number of carbonyl (C=O) groups excluding carboxylic acids is 1. The van der Waals surface area contributed by atoms with E-state index in [1.165, 1.54) is 11.2 Å². The number of benzene rings is 1. The van der Waals surface area contributed by atoms with Crippen LogP contribution in [0.4, 0.5) is 5.95 Å². The van der Waals surface area contributed by atoms with E-state index in [0.29, 0.717) is 12.4 Å². The number of hydrogen-bond donors (Lipinski definition) is 2. The van der Waals surface area contributed by atoms with E-state index < -0.39 is 0 Å². The van der Waals surface area contributed by atoms with Crippen molar-refractivity contribution >= 4 is 23.1 Å². The lowest BCUT2D eigenvalue weighted by Crippen LogP contribution is -2.33. The third-order valence-electron chi connectivity index (χ3n) is 5.02. The quantitative estimate of drug-likeness (QED) is 0.728. The van der Waals surface area contributed by atoms with E-state index >= 15 is 0 Å². The van der Waals surface area contributed by atoms with Gasteiger partial charge >= 0.3 is 0 Å². The Morgan fingerprint density at radius 3 is 2.81 bits per heavy atom. The number of carbonyl (C=O) groups is 1. The second-order valence-electron chi connectivity index (χ2n) is 6.58. The summed E-state index contributed by atoms with van der Waals surface area (Å²) in [4.78, 5) is 18.7. The number of ketones is 1. The fraction of sp³-hybridized carbons (Fsp3) is 0.211. The van der Waals surface area contributed by atoms with Crippen molar-refractivity contribution in [1.82, 2.24) is 14.8 Å². The molecule has 1 aliphatic carbocycles. The van der Waals surface area contributed by atoms with Gasteiger partial charge in [0.1, 0.15) is 18.1 Å². The molecule has 2 aliphatic rings. The molecular formula is C19H16N4O2S. The number of phenolic OH excluding ortho intramolecular Hbond substituents is 1. The molecule has 7 heteroatoms. The monoisotopic (exact) mass is 364 g/mol. The number of phenols is 1.